The Kier molecular flexibility index (Phi) is 7.78. The van der Waals surface area contributed by atoms with Crippen molar-refractivity contribution in [2.45, 2.75) is 52.7 Å². The molecule has 2 N–H and O–H groups in total. The normalized spacial score (nSPS) is 11.4. The van der Waals surface area contributed by atoms with Crippen LogP contribution in [0.4, 0.5) is 9.59 Å². The van der Waals surface area contributed by atoms with E-state index >= 15 is 0 Å². The number of carbonyl (C=O) groups excluding carboxylic acids is 2. The average molecular weight is 365 g/mol. The van der Waals surface area contributed by atoms with Crippen LogP contribution in [0.3, 0.4) is 0 Å². The molecule has 0 aliphatic rings. The highest BCUT2D eigenvalue weighted by atomic mass is 79.9. The van der Waals surface area contributed by atoms with E-state index in [1.54, 1.807) is 46.5 Å². The fraction of sp³-hybridized carbons (Fsp3) is 0.714. The van der Waals surface area contributed by atoms with E-state index < -0.39 is 23.4 Å². The van der Waals surface area contributed by atoms with E-state index in [4.69, 9.17) is 9.47 Å². The molecule has 0 saturated carbocycles. The fourth-order valence-corrected chi connectivity index (χ4v) is 1.46. The quantitative estimate of drug-likeness (QED) is 0.801. The van der Waals surface area contributed by atoms with Gasteiger partial charge in [0.15, 0.2) is 0 Å². The Bertz CT molecular complexity index is 361. The molecule has 0 radical (unpaired) electrons. The van der Waals surface area contributed by atoms with Crippen LogP contribution in [0.15, 0.2) is 10.6 Å². The molecule has 122 valence electrons. The highest BCUT2D eigenvalue weighted by Crippen LogP contribution is 2.08. The van der Waals surface area contributed by atoms with Crippen molar-refractivity contribution in [3.63, 3.8) is 0 Å². The Hall–Kier alpha value is -1.24. The van der Waals surface area contributed by atoms with Crippen molar-refractivity contribution in [1.29, 1.82) is 0 Å². The smallest absolute Gasteiger partial charge is 0.407 e. The molecule has 2 amide bonds. The molecule has 0 saturated heterocycles. The molecule has 0 aromatic heterocycles. The molecule has 0 spiro atoms. The second-order valence-electron chi connectivity index (χ2n) is 6.48. The zero-order valence-electron chi connectivity index (χ0n) is 13.5. The Balaban J connectivity index is 4.14. The maximum Gasteiger partial charge on any atom is 0.407 e. The van der Waals surface area contributed by atoms with E-state index in [1.165, 1.54) is 0 Å². The number of alkyl carbamates (subject to hydrolysis) is 2. The van der Waals surface area contributed by atoms with Gasteiger partial charge in [0.25, 0.3) is 0 Å². The van der Waals surface area contributed by atoms with Gasteiger partial charge in [-0.3, -0.25) is 0 Å². The van der Waals surface area contributed by atoms with Crippen LogP contribution in [0.1, 0.15) is 41.5 Å². The first-order valence-electron chi connectivity index (χ1n) is 6.65. The van der Waals surface area contributed by atoms with Crippen LogP contribution in [0.2, 0.25) is 0 Å². The molecule has 7 heteroatoms. The summed E-state index contributed by atoms with van der Waals surface area (Å²) >= 11 is 3.19. The highest BCUT2D eigenvalue weighted by molar-refractivity contribution is 9.11. The summed E-state index contributed by atoms with van der Waals surface area (Å²) in [4.78, 5) is 24.7. The number of nitrogens with one attached hydrogen (secondary N) is 2. The molecule has 0 atom stereocenters. The largest absolute Gasteiger partial charge is 0.444 e. The van der Waals surface area contributed by atoms with Gasteiger partial charge in [-0.2, -0.15) is 0 Å². The standard InChI is InChI=1S/C14H25BrN2O4/c1-13(2,3)20-11(18)16-8-10(7-15)9-17-12(19)21-14(4,5)6/h7H,8-9H2,1-6H3,(H,16,18)(H,17,19). The third-order valence-electron chi connectivity index (χ3n) is 1.87. The van der Waals surface area contributed by atoms with E-state index in [1.807, 2.05) is 0 Å². The van der Waals surface area contributed by atoms with Gasteiger partial charge < -0.3 is 20.1 Å². The van der Waals surface area contributed by atoms with Crippen LogP contribution in [0.25, 0.3) is 0 Å². The molecule has 6 nitrogen and oxygen atoms in total. The lowest BCUT2D eigenvalue weighted by molar-refractivity contribution is 0.0530. The van der Waals surface area contributed by atoms with Crippen LogP contribution < -0.4 is 10.6 Å². The summed E-state index contributed by atoms with van der Waals surface area (Å²) in [5, 5.41) is 5.22. The third kappa shape index (κ3) is 12.2. The predicted molar refractivity (Wildman–Crippen MR) is 85.5 cm³/mol. The number of carbonyl (C=O) groups is 2. The summed E-state index contributed by atoms with van der Waals surface area (Å²) in [5.74, 6) is 0. The minimum Gasteiger partial charge on any atom is -0.444 e. The van der Waals surface area contributed by atoms with E-state index in [0.29, 0.717) is 0 Å². The van der Waals surface area contributed by atoms with Crippen molar-refractivity contribution in [3.8, 4) is 0 Å². The van der Waals surface area contributed by atoms with Crippen LogP contribution in [0, 0.1) is 0 Å². The number of hydrogen-bond acceptors (Lipinski definition) is 4. The van der Waals surface area contributed by atoms with E-state index in [-0.39, 0.29) is 13.1 Å². The van der Waals surface area contributed by atoms with Crippen LogP contribution in [-0.4, -0.2) is 36.5 Å². The van der Waals surface area contributed by atoms with Gasteiger partial charge in [0, 0.05) is 13.1 Å². The van der Waals surface area contributed by atoms with Crippen molar-refractivity contribution in [2.24, 2.45) is 0 Å². The minimum absolute atomic E-state index is 0.260. The van der Waals surface area contributed by atoms with Crippen LogP contribution >= 0.6 is 15.9 Å². The Morgan fingerprint density at radius 3 is 1.48 bits per heavy atom. The second kappa shape index (κ2) is 8.26. The number of hydrogen-bond donors (Lipinski definition) is 2. The lowest BCUT2D eigenvalue weighted by atomic mass is 10.2. The van der Waals surface area contributed by atoms with Crippen LogP contribution in [-0.2, 0) is 9.47 Å². The van der Waals surface area contributed by atoms with Gasteiger partial charge in [-0.1, -0.05) is 15.9 Å². The molecule has 0 heterocycles. The maximum atomic E-state index is 11.5. The van der Waals surface area contributed by atoms with Crippen molar-refractivity contribution < 1.29 is 19.1 Å². The second-order valence-corrected chi connectivity index (χ2v) is 6.94. The molecule has 0 aromatic rings. The number of ether oxygens (including phenoxy) is 2. The summed E-state index contributed by atoms with van der Waals surface area (Å²) in [6, 6.07) is 0. The van der Waals surface area contributed by atoms with E-state index in [2.05, 4.69) is 26.6 Å². The number of rotatable bonds is 4. The first kappa shape index (κ1) is 19.8. The number of amides is 2. The highest BCUT2D eigenvalue weighted by Gasteiger charge is 2.17. The lowest BCUT2D eigenvalue weighted by Gasteiger charge is -2.21. The molecule has 0 unspecified atom stereocenters. The van der Waals surface area contributed by atoms with Gasteiger partial charge in [-0.25, -0.2) is 9.59 Å². The zero-order chi connectivity index (χ0) is 16.7. The Labute approximate surface area is 134 Å². The molecule has 0 fully saturated rings. The van der Waals surface area contributed by atoms with Gasteiger partial charge in [0.1, 0.15) is 11.2 Å². The average Bonchev–Trinajstić information content (AvgIpc) is 2.24. The molecular formula is C14H25BrN2O4. The first-order chi connectivity index (χ1) is 9.43. The zero-order valence-corrected chi connectivity index (χ0v) is 15.1. The van der Waals surface area contributed by atoms with Gasteiger partial charge in [0.05, 0.1) is 0 Å². The summed E-state index contributed by atoms with van der Waals surface area (Å²) in [6.07, 6.45) is -1.02. The molecule has 0 aliphatic carbocycles. The van der Waals surface area contributed by atoms with Crippen molar-refractivity contribution in [3.05, 3.63) is 10.6 Å². The Morgan fingerprint density at radius 2 is 1.24 bits per heavy atom. The van der Waals surface area contributed by atoms with Gasteiger partial charge in [0.2, 0.25) is 0 Å². The fourth-order valence-electron chi connectivity index (χ4n) is 1.14. The molecule has 0 rings (SSSR count). The topological polar surface area (TPSA) is 76.7 Å². The monoisotopic (exact) mass is 364 g/mol. The van der Waals surface area contributed by atoms with Crippen molar-refractivity contribution in [1.82, 2.24) is 10.6 Å². The first-order valence-corrected chi connectivity index (χ1v) is 7.56. The molecule has 0 aliphatic heterocycles. The van der Waals surface area contributed by atoms with Gasteiger partial charge in [-0.05, 0) is 52.1 Å². The lowest BCUT2D eigenvalue weighted by Crippen LogP contribution is -2.37. The molecule has 0 aromatic carbocycles. The maximum absolute atomic E-state index is 11.5. The van der Waals surface area contributed by atoms with Crippen molar-refractivity contribution >= 4 is 28.1 Å². The minimum atomic E-state index is -0.545. The Morgan fingerprint density at radius 1 is 0.905 bits per heavy atom. The summed E-state index contributed by atoms with van der Waals surface area (Å²) in [5.41, 5.74) is -0.319. The van der Waals surface area contributed by atoms with E-state index in [0.717, 1.165) is 5.57 Å². The molecular weight excluding hydrogens is 340 g/mol. The predicted octanol–water partition coefficient (Wildman–Crippen LogP) is 3.31. The molecule has 21 heavy (non-hydrogen) atoms. The molecule has 0 bridgehead atoms. The summed E-state index contributed by atoms with van der Waals surface area (Å²) in [7, 11) is 0. The summed E-state index contributed by atoms with van der Waals surface area (Å²) < 4.78 is 10.2. The number of halogens is 1. The summed E-state index contributed by atoms with van der Waals surface area (Å²) in [6.45, 7) is 11.3. The van der Waals surface area contributed by atoms with Gasteiger partial charge >= 0.3 is 12.2 Å². The third-order valence-corrected chi connectivity index (χ3v) is 2.52. The van der Waals surface area contributed by atoms with Gasteiger partial charge in [-0.15, -0.1) is 0 Å². The van der Waals surface area contributed by atoms with Crippen LogP contribution in [0.5, 0.6) is 0 Å². The SMILES string of the molecule is CC(C)(C)OC(=O)NCC(=CBr)CNC(=O)OC(C)(C)C. The van der Waals surface area contributed by atoms with E-state index in [9.17, 15) is 9.59 Å². The van der Waals surface area contributed by atoms with Crippen molar-refractivity contribution in [2.75, 3.05) is 13.1 Å².